The van der Waals surface area contributed by atoms with Crippen LogP contribution in [0.4, 0.5) is 14.5 Å². The van der Waals surface area contributed by atoms with Crippen LogP contribution >= 0.6 is 0 Å². The van der Waals surface area contributed by atoms with Crippen LogP contribution in [0, 0.1) is 11.6 Å². The lowest BCUT2D eigenvalue weighted by atomic mass is 10.1. The second-order valence-corrected chi connectivity index (χ2v) is 9.43. The van der Waals surface area contributed by atoms with Gasteiger partial charge in [0.15, 0.2) is 11.6 Å². The van der Waals surface area contributed by atoms with Crippen molar-refractivity contribution in [2.75, 3.05) is 24.5 Å². The van der Waals surface area contributed by atoms with Crippen LogP contribution in [0.15, 0.2) is 67.0 Å². The van der Waals surface area contributed by atoms with Crippen molar-refractivity contribution in [2.24, 2.45) is 0 Å². The number of nitrogens with zero attached hydrogens (tertiary/aromatic N) is 3. The number of carbonyl (C=O) groups is 1. The van der Waals surface area contributed by atoms with Crippen LogP contribution in [-0.4, -0.2) is 47.5 Å². The summed E-state index contributed by atoms with van der Waals surface area (Å²) < 4.78 is 26.9. The van der Waals surface area contributed by atoms with Gasteiger partial charge in [-0.15, -0.1) is 0 Å². The zero-order chi connectivity index (χ0) is 26.2. The van der Waals surface area contributed by atoms with Crippen molar-refractivity contribution < 1.29 is 13.6 Å². The average molecular weight is 508 g/mol. The predicted octanol–water partition coefficient (Wildman–Crippen LogP) is 4.26. The smallest absolute Gasteiger partial charge is 0.237 e. The van der Waals surface area contributed by atoms with Gasteiger partial charge in [-0.1, -0.05) is 24.3 Å². The first-order chi connectivity index (χ1) is 18.0. The minimum absolute atomic E-state index is 0.0271. The second-order valence-electron chi connectivity index (χ2n) is 9.43. The Morgan fingerprint density at radius 1 is 1.00 bits per heavy atom. The van der Waals surface area contributed by atoms with E-state index in [9.17, 15) is 13.6 Å². The van der Waals surface area contributed by atoms with Crippen LogP contribution in [0.2, 0.25) is 0 Å². The molecular weight excluding hydrogens is 472 g/mol. The highest BCUT2D eigenvalue weighted by molar-refractivity contribution is 5.82. The molecule has 1 fully saturated rings. The van der Waals surface area contributed by atoms with Crippen LogP contribution in [0.3, 0.4) is 0 Å². The Kier molecular flexibility index (Phi) is 9.19. The fourth-order valence-electron chi connectivity index (χ4n) is 4.86. The molecule has 0 bridgehead atoms. The molecule has 2 heterocycles. The summed E-state index contributed by atoms with van der Waals surface area (Å²) in [4.78, 5) is 21.8. The van der Waals surface area contributed by atoms with Gasteiger partial charge in [-0.3, -0.25) is 14.7 Å². The number of amides is 1. The molecule has 8 heteroatoms. The summed E-state index contributed by atoms with van der Waals surface area (Å²) in [6, 6.07) is 16.0. The highest BCUT2D eigenvalue weighted by atomic mass is 19.2. The summed E-state index contributed by atoms with van der Waals surface area (Å²) in [6.07, 6.45) is 4.08. The largest absolute Gasteiger partial charge is 0.372 e. The van der Waals surface area contributed by atoms with E-state index in [4.69, 9.17) is 0 Å². The fourth-order valence-corrected chi connectivity index (χ4v) is 4.86. The number of pyridine rings is 1. The van der Waals surface area contributed by atoms with Crippen LogP contribution in [0.5, 0.6) is 0 Å². The van der Waals surface area contributed by atoms with Crippen molar-refractivity contribution in [2.45, 2.75) is 52.0 Å². The third-order valence-electron chi connectivity index (χ3n) is 6.93. The highest BCUT2D eigenvalue weighted by Crippen LogP contribution is 2.23. The number of hydrogen-bond donors (Lipinski definition) is 2. The van der Waals surface area contributed by atoms with Crippen molar-refractivity contribution in [1.29, 1.82) is 0 Å². The number of rotatable bonds is 11. The molecule has 0 saturated carbocycles. The quantitative estimate of drug-likeness (QED) is 0.406. The molecule has 6 nitrogen and oxygen atoms in total. The Bertz CT molecular complexity index is 1150. The Labute approximate surface area is 217 Å². The third-order valence-corrected chi connectivity index (χ3v) is 6.93. The Morgan fingerprint density at radius 3 is 2.43 bits per heavy atom. The van der Waals surface area contributed by atoms with Gasteiger partial charge in [-0.2, -0.15) is 0 Å². The summed E-state index contributed by atoms with van der Waals surface area (Å²) in [6.45, 7) is 8.33. The number of nitrogens with one attached hydrogen (secondary N) is 2. The number of anilines is 1. The third kappa shape index (κ3) is 7.11. The summed E-state index contributed by atoms with van der Waals surface area (Å²) in [5.41, 5.74) is 3.94. The van der Waals surface area contributed by atoms with Gasteiger partial charge in [0, 0.05) is 63.4 Å². The Balaban J connectivity index is 1.43. The number of hydrogen-bond acceptors (Lipinski definition) is 5. The summed E-state index contributed by atoms with van der Waals surface area (Å²) >= 11 is 0. The monoisotopic (exact) mass is 507 g/mol. The SMILES string of the molecule is CCN(CC)c1ccc(CN2C[C@@H](NCc3ccc(F)c(F)c3)C[C@H]2C(=O)NCc2cccnc2)cc1. The molecule has 3 aromatic rings. The van der Waals surface area contributed by atoms with E-state index in [1.54, 1.807) is 18.5 Å². The molecule has 1 aliphatic heterocycles. The highest BCUT2D eigenvalue weighted by Gasteiger charge is 2.36. The second kappa shape index (κ2) is 12.7. The molecule has 1 aliphatic rings. The molecule has 0 unspecified atom stereocenters. The van der Waals surface area contributed by atoms with Crippen LogP contribution in [0.1, 0.15) is 37.0 Å². The molecule has 37 heavy (non-hydrogen) atoms. The van der Waals surface area contributed by atoms with E-state index in [-0.39, 0.29) is 18.0 Å². The Morgan fingerprint density at radius 2 is 1.76 bits per heavy atom. The lowest BCUT2D eigenvalue weighted by molar-refractivity contribution is -0.125. The van der Waals surface area contributed by atoms with Gasteiger partial charge in [0.2, 0.25) is 5.91 Å². The van der Waals surface area contributed by atoms with Gasteiger partial charge in [-0.25, -0.2) is 8.78 Å². The first kappa shape index (κ1) is 26.7. The number of halogens is 2. The summed E-state index contributed by atoms with van der Waals surface area (Å²) in [7, 11) is 0. The number of benzene rings is 2. The molecule has 1 amide bonds. The predicted molar refractivity (Wildman–Crippen MR) is 142 cm³/mol. The van der Waals surface area contributed by atoms with E-state index in [0.29, 0.717) is 38.2 Å². The van der Waals surface area contributed by atoms with Crippen molar-refractivity contribution in [3.05, 3.63) is 95.3 Å². The van der Waals surface area contributed by atoms with Crippen LogP contribution in [-0.2, 0) is 24.4 Å². The fraction of sp³-hybridized carbons (Fsp3) is 0.379. The maximum absolute atomic E-state index is 13.6. The normalized spacial score (nSPS) is 17.6. The van der Waals surface area contributed by atoms with E-state index in [1.807, 2.05) is 12.1 Å². The van der Waals surface area contributed by atoms with E-state index in [1.165, 1.54) is 11.8 Å². The standard InChI is InChI=1S/C29H35F2N5O/c1-3-35(4-2)25-10-7-21(8-11-25)19-36-20-24(33-17-22-9-12-26(30)27(31)14-22)15-28(36)29(37)34-18-23-6-5-13-32-16-23/h5-14,16,24,28,33H,3-4,15,17-20H2,1-2H3,(H,34,37)/t24-,28-/m0/s1. The molecule has 0 spiro atoms. The van der Waals surface area contributed by atoms with Crippen LogP contribution in [0.25, 0.3) is 0 Å². The zero-order valence-electron chi connectivity index (χ0n) is 21.5. The number of aromatic nitrogens is 1. The Hall–Kier alpha value is -3.36. The molecule has 0 radical (unpaired) electrons. The van der Waals surface area contributed by atoms with E-state index < -0.39 is 11.6 Å². The molecule has 2 N–H and O–H groups in total. The van der Waals surface area contributed by atoms with Gasteiger partial charge in [-0.05, 0) is 67.3 Å². The molecule has 4 rings (SSSR count). The van der Waals surface area contributed by atoms with E-state index in [2.05, 4.69) is 63.5 Å². The lowest BCUT2D eigenvalue weighted by Crippen LogP contribution is -2.42. The maximum atomic E-state index is 13.6. The topological polar surface area (TPSA) is 60.5 Å². The van der Waals surface area contributed by atoms with Crippen molar-refractivity contribution in [1.82, 2.24) is 20.5 Å². The molecule has 196 valence electrons. The first-order valence-electron chi connectivity index (χ1n) is 12.9. The summed E-state index contributed by atoms with van der Waals surface area (Å²) in [5, 5.41) is 6.49. The minimum atomic E-state index is -0.854. The van der Waals surface area contributed by atoms with Crippen molar-refractivity contribution in [3.63, 3.8) is 0 Å². The average Bonchev–Trinajstić information content (AvgIpc) is 3.33. The van der Waals surface area contributed by atoms with Gasteiger partial charge >= 0.3 is 0 Å². The molecule has 1 saturated heterocycles. The van der Waals surface area contributed by atoms with E-state index >= 15 is 0 Å². The summed E-state index contributed by atoms with van der Waals surface area (Å²) in [5.74, 6) is -1.73. The lowest BCUT2D eigenvalue weighted by Gasteiger charge is -2.25. The van der Waals surface area contributed by atoms with E-state index in [0.717, 1.165) is 30.3 Å². The van der Waals surface area contributed by atoms with Gasteiger partial charge < -0.3 is 15.5 Å². The van der Waals surface area contributed by atoms with Gasteiger partial charge in [0.1, 0.15) is 0 Å². The van der Waals surface area contributed by atoms with Gasteiger partial charge in [0.05, 0.1) is 6.04 Å². The van der Waals surface area contributed by atoms with Crippen molar-refractivity contribution >= 4 is 11.6 Å². The minimum Gasteiger partial charge on any atom is -0.372 e. The van der Waals surface area contributed by atoms with Crippen LogP contribution < -0.4 is 15.5 Å². The number of likely N-dealkylation sites (tertiary alicyclic amines) is 1. The zero-order valence-corrected chi connectivity index (χ0v) is 21.5. The molecule has 2 atom stereocenters. The maximum Gasteiger partial charge on any atom is 0.237 e. The van der Waals surface area contributed by atoms with Gasteiger partial charge in [0.25, 0.3) is 0 Å². The molecule has 0 aliphatic carbocycles. The molecule has 1 aromatic heterocycles. The molecular formula is C29H35F2N5O. The van der Waals surface area contributed by atoms with Crippen molar-refractivity contribution in [3.8, 4) is 0 Å². The number of carbonyl (C=O) groups excluding carboxylic acids is 1. The first-order valence-corrected chi connectivity index (χ1v) is 12.9. The molecule has 2 aromatic carbocycles.